The summed E-state index contributed by atoms with van der Waals surface area (Å²) in [5.74, 6) is -1.03. The highest BCUT2D eigenvalue weighted by atomic mass is 32.1. The van der Waals surface area contributed by atoms with Crippen LogP contribution in [0.25, 0.3) is 0 Å². The van der Waals surface area contributed by atoms with Crippen molar-refractivity contribution in [3.63, 3.8) is 0 Å². The number of carbonyl (C=O) groups excluding carboxylic acids is 1. The van der Waals surface area contributed by atoms with E-state index in [2.05, 4.69) is 22.8 Å². The van der Waals surface area contributed by atoms with E-state index in [1.54, 1.807) is 18.2 Å². The van der Waals surface area contributed by atoms with Crippen molar-refractivity contribution in [2.75, 3.05) is 29.1 Å². The second kappa shape index (κ2) is 9.64. The number of anilines is 2. The summed E-state index contributed by atoms with van der Waals surface area (Å²) < 4.78 is 0. The molecule has 0 aromatic heterocycles. The molecule has 0 bridgehead atoms. The van der Waals surface area contributed by atoms with Crippen molar-refractivity contribution in [1.82, 2.24) is 0 Å². The van der Waals surface area contributed by atoms with Gasteiger partial charge in [0, 0.05) is 18.8 Å². The molecule has 2 aromatic carbocycles. The Hall–Kier alpha value is -2.47. The Kier molecular flexibility index (Phi) is 6.98. The Bertz CT molecular complexity index is 820. The lowest BCUT2D eigenvalue weighted by Crippen LogP contribution is -2.32. The van der Waals surface area contributed by atoms with Crippen LogP contribution in [0.1, 0.15) is 35.2 Å². The van der Waals surface area contributed by atoms with Gasteiger partial charge in [-0.15, -0.1) is 0 Å². The first-order chi connectivity index (χ1) is 13.6. The van der Waals surface area contributed by atoms with Gasteiger partial charge in [-0.05, 0) is 49.4 Å². The highest BCUT2D eigenvalue weighted by Gasteiger charge is 2.22. The number of rotatable bonds is 7. The molecule has 3 rings (SSSR count). The molecule has 2 aromatic rings. The topological polar surface area (TPSA) is 69.6 Å². The smallest absolute Gasteiger partial charge is 0.335 e. The summed E-state index contributed by atoms with van der Waals surface area (Å²) in [5.41, 5.74) is 2.69. The molecule has 1 atom stereocenters. The van der Waals surface area contributed by atoms with Crippen molar-refractivity contribution in [2.45, 2.75) is 25.7 Å². The lowest BCUT2D eigenvalue weighted by Gasteiger charge is -2.31. The number of hydrogen-bond donors (Lipinski definition) is 3. The normalized spacial score (nSPS) is 15.1. The first-order valence-electron chi connectivity index (χ1n) is 9.66. The lowest BCUT2D eigenvalue weighted by molar-refractivity contribution is -0.119. The van der Waals surface area contributed by atoms with Crippen LogP contribution >= 0.6 is 12.6 Å². The monoisotopic (exact) mass is 398 g/mol. The quantitative estimate of drug-likeness (QED) is 0.614. The summed E-state index contributed by atoms with van der Waals surface area (Å²) >= 11 is 4.37. The zero-order valence-corrected chi connectivity index (χ0v) is 16.7. The Morgan fingerprint density at radius 1 is 1.07 bits per heavy atom. The fourth-order valence-corrected chi connectivity index (χ4v) is 3.85. The Labute approximate surface area is 171 Å². The van der Waals surface area contributed by atoms with Crippen molar-refractivity contribution in [3.8, 4) is 0 Å². The average Bonchev–Trinajstić information content (AvgIpc) is 2.73. The second-order valence-electron chi connectivity index (χ2n) is 7.14. The van der Waals surface area contributed by atoms with Gasteiger partial charge in [-0.1, -0.05) is 30.3 Å². The lowest BCUT2D eigenvalue weighted by atomic mass is 10.00. The predicted octanol–water partition coefficient (Wildman–Crippen LogP) is 4.10. The Morgan fingerprint density at radius 3 is 2.43 bits per heavy atom. The van der Waals surface area contributed by atoms with Crippen LogP contribution in [0.2, 0.25) is 0 Å². The van der Waals surface area contributed by atoms with Crippen LogP contribution in [0.5, 0.6) is 0 Å². The number of amides is 1. The fraction of sp³-hybridized carbons (Fsp3) is 0.364. The molecule has 6 heteroatoms. The maximum absolute atomic E-state index is 12.9. The third-order valence-corrected chi connectivity index (χ3v) is 5.56. The van der Waals surface area contributed by atoms with Crippen molar-refractivity contribution in [2.24, 2.45) is 5.92 Å². The number of piperidine rings is 1. The Balaban J connectivity index is 1.82. The summed E-state index contributed by atoms with van der Waals surface area (Å²) in [4.78, 5) is 26.6. The number of nitrogens with one attached hydrogen (secondary N) is 1. The van der Waals surface area contributed by atoms with E-state index < -0.39 is 5.97 Å². The Morgan fingerprint density at radius 2 is 1.79 bits per heavy atom. The van der Waals surface area contributed by atoms with Crippen molar-refractivity contribution >= 4 is 35.9 Å². The molecule has 0 aliphatic carbocycles. The molecule has 1 fully saturated rings. The highest BCUT2D eigenvalue weighted by Crippen LogP contribution is 2.30. The minimum atomic E-state index is -1.00. The van der Waals surface area contributed by atoms with Crippen LogP contribution < -0.4 is 10.2 Å². The molecule has 2 N–H and O–H groups in total. The SMILES string of the molecule is O=C(O)c1ccc(N2CCCCC2)c(NC(=O)C(CS)Cc2ccccc2)c1. The molecule has 28 heavy (non-hydrogen) atoms. The zero-order valence-electron chi connectivity index (χ0n) is 15.8. The molecule has 1 unspecified atom stereocenters. The van der Waals surface area contributed by atoms with Gasteiger partial charge in [-0.3, -0.25) is 4.79 Å². The first-order valence-corrected chi connectivity index (χ1v) is 10.3. The van der Waals surface area contributed by atoms with E-state index in [1.165, 1.54) is 6.42 Å². The van der Waals surface area contributed by atoms with Crippen LogP contribution in [0.4, 0.5) is 11.4 Å². The van der Waals surface area contributed by atoms with Gasteiger partial charge in [0.2, 0.25) is 5.91 Å². The molecular formula is C22H26N2O3S. The van der Waals surface area contributed by atoms with Gasteiger partial charge >= 0.3 is 5.97 Å². The summed E-state index contributed by atoms with van der Waals surface area (Å²) in [7, 11) is 0. The van der Waals surface area contributed by atoms with Crippen molar-refractivity contribution in [3.05, 3.63) is 59.7 Å². The van der Waals surface area contributed by atoms with Crippen LogP contribution in [-0.2, 0) is 11.2 Å². The molecule has 1 aliphatic heterocycles. The van der Waals surface area contributed by atoms with E-state index in [0.717, 1.165) is 37.2 Å². The molecule has 1 aliphatic rings. The fourth-order valence-electron chi connectivity index (χ4n) is 3.55. The van der Waals surface area contributed by atoms with Gasteiger partial charge in [0.1, 0.15) is 0 Å². The standard InChI is InChI=1S/C22H26N2O3S/c25-21(18(15-28)13-16-7-3-1-4-8-16)23-19-14-17(22(26)27)9-10-20(19)24-11-5-2-6-12-24/h1,3-4,7-10,14,18,28H,2,5-6,11-13,15H2,(H,23,25)(H,26,27). The molecule has 0 spiro atoms. The third-order valence-electron chi connectivity index (χ3n) is 5.11. The van der Waals surface area contributed by atoms with Crippen LogP contribution in [0.3, 0.4) is 0 Å². The van der Waals surface area contributed by atoms with E-state index in [1.807, 2.05) is 30.3 Å². The highest BCUT2D eigenvalue weighted by molar-refractivity contribution is 7.80. The number of aromatic carboxylic acids is 1. The number of carboxylic acid groups (broad SMARTS) is 1. The maximum Gasteiger partial charge on any atom is 0.335 e. The number of nitrogens with zero attached hydrogens (tertiary/aromatic N) is 1. The number of benzene rings is 2. The van der Waals surface area contributed by atoms with Crippen molar-refractivity contribution in [1.29, 1.82) is 0 Å². The average molecular weight is 399 g/mol. The van der Waals surface area contributed by atoms with Crippen molar-refractivity contribution < 1.29 is 14.7 Å². The summed E-state index contributed by atoms with van der Waals surface area (Å²) in [6, 6.07) is 14.8. The summed E-state index contributed by atoms with van der Waals surface area (Å²) in [6.07, 6.45) is 3.99. The van der Waals surface area contributed by atoms with Gasteiger partial charge in [-0.25, -0.2) is 4.79 Å². The number of carboxylic acids is 1. The zero-order chi connectivity index (χ0) is 19.9. The van der Waals surface area contributed by atoms with Crippen LogP contribution in [-0.4, -0.2) is 35.8 Å². The molecule has 0 radical (unpaired) electrons. The number of hydrogen-bond acceptors (Lipinski definition) is 4. The molecule has 5 nitrogen and oxygen atoms in total. The molecule has 0 saturated carbocycles. The van der Waals surface area contributed by atoms with E-state index in [-0.39, 0.29) is 17.4 Å². The minimum Gasteiger partial charge on any atom is -0.478 e. The molecular weight excluding hydrogens is 372 g/mol. The third kappa shape index (κ3) is 5.07. The number of thiol groups is 1. The molecule has 1 amide bonds. The van der Waals surface area contributed by atoms with E-state index in [4.69, 9.17) is 0 Å². The van der Waals surface area contributed by atoms with E-state index in [0.29, 0.717) is 17.9 Å². The summed E-state index contributed by atoms with van der Waals surface area (Å²) in [6.45, 7) is 1.82. The molecule has 1 heterocycles. The van der Waals surface area contributed by atoms with Gasteiger partial charge < -0.3 is 15.3 Å². The van der Waals surface area contributed by atoms with Gasteiger partial charge in [0.15, 0.2) is 0 Å². The molecule has 1 saturated heterocycles. The van der Waals surface area contributed by atoms with Gasteiger partial charge in [0.25, 0.3) is 0 Å². The van der Waals surface area contributed by atoms with Crippen LogP contribution in [0.15, 0.2) is 48.5 Å². The maximum atomic E-state index is 12.9. The largest absolute Gasteiger partial charge is 0.478 e. The summed E-state index contributed by atoms with van der Waals surface area (Å²) in [5, 5.41) is 12.3. The number of carbonyl (C=O) groups is 2. The first kappa shape index (κ1) is 20.3. The minimum absolute atomic E-state index is 0.139. The van der Waals surface area contributed by atoms with Crippen LogP contribution in [0, 0.1) is 5.92 Å². The van der Waals surface area contributed by atoms with Gasteiger partial charge in [-0.2, -0.15) is 12.6 Å². The van der Waals surface area contributed by atoms with E-state index in [9.17, 15) is 14.7 Å². The van der Waals surface area contributed by atoms with E-state index >= 15 is 0 Å². The second-order valence-corrected chi connectivity index (χ2v) is 7.51. The van der Waals surface area contributed by atoms with Gasteiger partial charge in [0.05, 0.1) is 22.9 Å². The predicted molar refractivity (Wildman–Crippen MR) is 116 cm³/mol. The molecule has 148 valence electrons.